The molecule has 3 aromatic rings. The van der Waals surface area contributed by atoms with Crippen LogP contribution in [-0.2, 0) is 13.1 Å². The fraction of sp³-hybridized carbons (Fsp3) is 0.118. The largest absolute Gasteiger partial charge is 0.399 e. The first-order valence-electron chi connectivity index (χ1n) is 6.76. The summed E-state index contributed by atoms with van der Waals surface area (Å²) in [4.78, 5) is 6.59. The SMILES string of the molecule is Nc1ccc2c(c1)CN(c1cccc3cnccc13)C2. The summed E-state index contributed by atoms with van der Waals surface area (Å²) in [7, 11) is 0. The van der Waals surface area contributed by atoms with E-state index in [0.717, 1.165) is 18.8 Å². The van der Waals surface area contributed by atoms with Crippen LogP contribution in [0.5, 0.6) is 0 Å². The molecule has 2 N–H and O–H groups in total. The molecule has 1 aliphatic rings. The predicted molar refractivity (Wildman–Crippen MR) is 82.5 cm³/mol. The second-order valence-corrected chi connectivity index (χ2v) is 5.26. The zero-order chi connectivity index (χ0) is 13.5. The Kier molecular flexibility index (Phi) is 2.39. The fourth-order valence-electron chi connectivity index (χ4n) is 2.97. The summed E-state index contributed by atoms with van der Waals surface area (Å²) in [5, 5.41) is 2.43. The van der Waals surface area contributed by atoms with Crippen LogP contribution in [0.25, 0.3) is 10.8 Å². The summed E-state index contributed by atoms with van der Waals surface area (Å²) in [6.45, 7) is 1.86. The molecule has 0 aliphatic carbocycles. The average Bonchev–Trinajstić information content (AvgIpc) is 2.89. The minimum atomic E-state index is 0.840. The molecule has 2 heterocycles. The van der Waals surface area contributed by atoms with Crippen molar-refractivity contribution in [3.05, 3.63) is 66.0 Å². The first-order chi connectivity index (χ1) is 9.81. The summed E-state index contributed by atoms with van der Waals surface area (Å²) in [5.74, 6) is 0. The molecule has 0 radical (unpaired) electrons. The van der Waals surface area contributed by atoms with Crippen molar-refractivity contribution < 1.29 is 0 Å². The van der Waals surface area contributed by atoms with Crippen LogP contribution in [0.1, 0.15) is 11.1 Å². The minimum Gasteiger partial charge on any atom is -0.399 e. The maximum atomic E-state index is 5.88. The third-order valence-corrected chi connectivity index (χ3v) is 3.95. The summed E-state index contributed by atoms with van der Waals surface area (Å²) in [6, 6.07) is 14.7. The van der Waals surface area contributed by atoms with Gasteiger partial charge in [-0.1, -0.05) is 18.2 Å². The Morgan fingerprint density at radius 1 is 1.00 bits per heavy atom. The van der Waals surface area contributed by atoms with Crippen LogP contribution < -0.4 is 10.6 Å². The number of anilines is 2. The molecule has 0 amide bonds. The lowest BCUT2D eigenvalue weighted by atomic mass is 10.1. The molecule has 98 valence electrons. The Balaban J connectivity index is 1.79. The Morgan fingerprint density at radius 2 is 1.90 bits per heavy atom. The van der Waals surface area contributed by atoms with Crippen LogP contribution in [-0.4, -0.2) is 4.98 Å². The van der Waals surface area contributed by atoms with Crippen molar-refractivity contribution >= 4 is 22.1 Å². The summed E-state index contributed by atoms with van der Waals surface area (Å²) < 4.78 is 0. The van der Waals surface area contributed by atoms with Gasteiger partial charge in [-0.3, -0.25) is 4.98 Å². The fourth-order valence-corrected chi connectivity index (χ4v) is 2.97. The molecule has 2 aromatic carbocycles. The van der Waals surface area contributed by atoms with Crippen molar-refractivity contribution in [2.24, 2.45) is 0 Å². The average molecular weight is 261 g/mol. The van der Waals surface area contributed by atoms with E-state index in [1.165, 1.54) is 27.6 Å². The Hall–Kier alpha value is -2.55. The zero-order valence-electron chi connectivity index (χ0n) is 11.1. The molecular formula is C17H15N3. The van der Waals surface area contributed by atoms with Gasteiger partial charge >= 0.3 is 0 Å². The predicted octanol–water partition coefficient (Wildman–Crippen LogP) is 3.34. The van der Waals surface area contributed by atoms with Gasteiger partial charge in [0.1, 0.15) is 0 Å². The molecule has 0 atom stereocenters. The molecule has 0 saturated heterocycles. The van der Waals surface area contributed by atoms with Crippen molar-refractivity contribution in [2.45, 2.75) is 13.1 Å². The van der Waals surface area contributed by atoms with E-state index in [1.54, 1.807) is 0 Å². The van der Waals surface area contributed by atoms with Crippen LogP contribution in [0.2, 0.25) is 0 Å². The normalized spacial score (nSPS) is 13.7. The van der Waals surface area contributed by atoms with E-state index in [0.29, 0.717) is 0 Å². The van der Waals surface area contributed by atoms with Gasteiger partial charge in [0.25, 0.3) is 0 Å². The van der Waals surface area contributed by atoms with Crippen LogP contribution in [0.4, 0.5) is 11.4 Å². The molecule has 0 spiro atoms. The van der Waals surface area contributed by atoms with Gasteiger partial charge in [0.15, 0.2) is 0 Å². The second kappa shape index (κ2) is 4.23. The second-order valence-electron chi connectivity index (χ2n) is 5.26. The third-order valence-electron chi connectivity index (χ3n) is 3.95. The smallest absolute Gasteiger partial charge is 0.0453 e. The molecule has 3 nitrogen and oxygen atoms in total. The van der Waals surface area contributed by atoms with E-state index < -0.39 is 0 Å². The standard InChI is InChI=1S/C17H15N3/c18-15-5-4-13-10-20(11-14(13)8-15)17-3-1-2-12-9-19-7-6-16(12)17/h1-9H,10-11,18H2. The summed E-state index contributed by atoms with van der Waals surface area (Å²) in [5.41, 5.74) is 10.7. The number of rotatable bonds is 1. The van der Waals surface area contributed by atoms with Gasteiger partial charge in [-0.15, -0.1) is 0 Å². The lowest BCUT2D eigenvalue weighted by Gasteiger charge is -2.19. The third kappa shape index (κ3) is 1.71. The number of nitrogen functional groups attached to an aromatic ring is 1. The van der Waals surface area contributed by atoms with Gasteiger partial charge in [-0.25, -0.2) is 0 Å². The molecule has 1 aromatic heterocycles. The number of benzene rings is 2. The van der Waals surface area contributed by atoms with Crippen LogP contribution in [0.3, 0.4) is 0 Å². The van der Waals surface area contributed by atoms with Gasteiger partial charge in [0.05, 0.1) is 0 Å². The number of pyridine rings is 1. The number of fused-ring (bicyclic) bond motifs is 2. The molecule has 3 heteroatoms. The van der Waals surface area contributed by atoms with Gasteiger partial charge in [-0.2, -0.15) is 0 Å². The highest BCUT2D eigenvalue weighted by atomic mass is 15.1. The molecule has 1 aliphatic heterocycles. The van der Waals surface area contributed by atoms with Crippen LogP contribution >= 0.6 is 0 Å². The quantitative estimate of drug-likeness (QED) is 0.683. The van der Waals surface area contributed by atoms with E-state index in [2.05, 4.69) is 46.3 Å². The first-order valence-corrected chi connectivity index (χ1v) is 6.76. The molecule has 20 heavy (non-hydrogen) atoms. The molecule has 0 fully saturated rings. The van der Waals surface area contributed by atoms with E-state index in [9.17, 15) is 0 Å². The van der Waals surface area contributed by atoms with E-state index in [-0.39, 0.29) is 0 Å². The van der Waals surface area contributed by atoms with Gasteiger partial charge in [-0.05, 0) is 35.4 Å². The molecule has 0 saturated carbocycles. The van der Waals surface area contributed by atoms with Gasteiger partial charge in [0.2, 0.25) is 0 Å². The van der Waals surface area contributed by atoms with Gasteiger partial charge < -0.3 is 10.6 Å². The number of aromatic nitrogens is 1. The molecule has 0 bridgehead atoms. The first kappa shape index (κ1) is 11.3. The molecular weight excluding hydrogens is 246 g/mol. The maximum Gasteiger partial charge on any atom is 0.0453 e. The van der Waals surface area contributed by atoms with E-state index in [1.807, 2.05) is 18.5 Å². The minimum absolute atomic E-state index is 0.840. The monoisotopic (exact) mass is 261 g/mol. The number of hydrogen-bond acceptors (Lipinski definition) is 3. The van der Waals surface area contributed by atoms with Crippen molar-refractivity contribution in [2.75, 3.05) is 10.6 Å². The topological polar surface area (TPSA) is 42.1 Å². The highest BCUT2D eigenvalue weighted by Gasteiger charge is 2.20. The number of nitrogens with two attached hydrogens (primary N) is 1. The molecule has 0 unspecified atom stereocenters. The molecule has 4 rings (SSSR count). The van der Waals surface area contributed by atoms with Crippen molar-refractivity contribution in [3.8, 4) is 0 Å². The zero-order valence-corrected chi connectivity index (χ0v) is 11.1. The van der Waals surface area contributed by atoms with Crippen LogP contribution in [0.15, 0.2) is 54.9 Å². The summed E-state index contributed by atoms with van der Waals surface area (Å²) in [6.07, 6.45) is 3.77. The highest BCUT2D eigenvalue weighted by molar-refractivity contribution is 5.93. The number of hydrogen-bond donors (Lipinski definition) is 1. The lowest BCUT2D eigenvalue weighted by molar-refractivity contribution is 0.885. The highest BCUT2D eigenvalue weighted by Crippen LogP contribution is 2.33. The van der Waals surface area contributed by atoms with E-state index >= 15 is 0 Å². The Bertz CT molecular complexity index is 790. The van der Waals surface area contributed by atoms with Crippen molar-refractivity contribution in [3.63, 3.8) is 0 Å². The lowest BCUT2D eigenvalue weighted by Crippen LogP contribution is -2.14. The van der Waals surface area contributed by atoms with E-state index in [4.69, 9.17) is 5.73 Å². The maximum absolute atomic E-state index is 5.88. The Labute approximate surface area is 117 Å². The van der Waals surface area contributed by atoms with Crippen molar-refractivity contribution in [1.82, 2.24) is 4.98 Å². The van der Waals surface area contributed by atoms with Gasteiger partial charge in [0, 0.05) is 47.6 Å². The number of nitrogens with zero attached hydrogens (tertiary/aromatic N) is 2. The van der Waals surface area contributed by atoms with Crippen molar-refractivity contribution in [1.29, 1.82) is 0 Å². The Morgan fingerprint density at radius 3 is 2.85 bits per heavy atom. The summed E-state index contributed by atoms with van der Waals surface area (Å²) >= 11 is 0. The van der Waals surface area contributed by atoms with Crippen LogP contribution in [0, 0.1) is 0 Å².